The summed E-state index contributed by atoms with van der Waals surface area (Å²) in [7, 11) is 0. The van der Waals surface area contributed by atoms with Gasteiger partial charge in [0.1, 0.15) is 11.7 Å². The number of nitrogens with zero attached hydrogens (tertiary/aromatic N) is 1. The fourth-order valence-corrected chi connectivity index (χ4v) is 1.84. The zero-order chi connectivity index (χ0) is 16.9. The molecule has 0 aliphatic carbocycles. The van der Waals surface area contributed by atoms with Crippen LogP contribution in [-0.4, -0.2) is 39.5 Å². The van der Waals surface area contributed by atoms with Crippen molar-refractivity contribution in [3.63, 3.8) is 0 Å². The maximum Gasteiger partial charge on any atom is 0.407 e. The van der Waals surface area contributed by atoms with Crippen LogP contribution in [0.4, 0.5) is 9.18 Å². The van der Waals surface area contributed by atoms with E-state index in [1.807, 2.05) is 0 Å². The van der Waals surface area contributed by atoms with Gasteiger partial charge in [-0.1, -0.05) is 0 Å². The van der Waals surface area contributed by atoms with Crippen molar-refractivity contribution in [1.29, 1.82) is 0 Å². The summed E-state index contributed by atoms with van der Waals surface area (Å²) in [6.07, 6.45) is -1.58. The molecule has 0 spiro atoms. The van der Waals surface area contributed by atoms with E-state index < -0.39 is 29.8 Å². The Balaban J connectivity index is 2.48. The second-order valence-corrected chi connectivity index (χ2v) is 6.09. The second-order valence-electron chi connectivity index (χ2n) is 6.09. The van der Waals surface area contributed by atoms with Crippen LogP contribution in [0.1, 0.15) is 44.4 Å². The number of ether oxygens (including phenoxy) is 1. The Labute approximate surface area is 129 Å². The molecular formula is C15H23FN2O4. The molecule has 1 aromatic rings. The van der Waals surface area contributed by atoms with E-state index in [4.69, 9.17) is 4.74 Å². The molecule has 1 rings (SSSR count). The monoisotopic (exact) mass is 314 g/mol. The van der Waals surface area contributed by atoms with E-state index >= 15 is 0 Å². The van der Waals surface area contributed by atoms with Gasteiger partial charge in [-0.3, -0.25) is 0 Å². The van der Waals surface area contributed by atoms with Crippen LogP contribution in [0.5, 0.6) is 0 Å². The molecule has 3 N–H and O–H groups in total. The predicted octanol–water partition coefficient (Wildman–Crippen LogP) is 1.84. The Bertz CT molecular complexity index is 517. The highest BCUT2D eigenvalue weighted by atomic mass is 19.1. The van der Waals surface area contributed by atoms with Gasteiger partial charge in [-0.15, -0.1) is 0 Å². The van der Waals surface area contributed by atoms with Gasteiger partial charge in [-0.25, -0.2) is 9.78 Å². The molecule has 7 heteroatoms. The lowest BCUT2D eigenvalue weighted by atomic mass is 10.00. The van der Waals surface area contributed by atoms with E-state index in [1.54, 1.807) is 27.7 Å². The molecule has 1 heterocycles. The highest BCUT2D eigenvalue weighted by molar-refractivity contribution is 5.67. The van der Waals surface area contributed by atoms with Gasteiger partial charge in [0.25, 0.3) is 0 Å². The van der Waals surface area contributed by atoms with Crippen molar-refractivity contribution in [3.05, 3.63) is 29.3 Å². The lowest BCUT2D eigenvalue weighted by Crippen LogP contribution is -2.34. The van der Waals surface area contributed by atoms with Crippen LogP contribution >= 0.6 is 0 Å². The molecule has 2 atom stereocenters. The number of halogens is 1. The van der Waals surface area contributed by atoms with E-state index in [0.717, 1.165) is 0 Å². The molecule has 1 aromatic heterocycles. The Hall–Kier alpha value is -1.73. The number of carbonyl (C=O) groups is 1. The highest BCUT2D eigenvalue weighted by Crippen LogP contribution is 2.21. The van der Waals surface area contributed by atoms with Gasteiger partial charge < -0.3 is 20.3 Å². The van der Waals surface area contributed by atoms with Crippen molar-refractivity contribution < 1.29 is 24.1 Å². The predicted molar refractivity (Wildman–Crippen MR) is 78.8 cm³/mol. The fraction of sp³-hybridized carbons (Fsp3) is 0.600. The van der Waals surface area contributed by atoms with Crippen LogP contribution in [0.15, 0.2) is 12.3 Å². The zero-order valence-electron chi connectivity index (χ0n) is 13.3. The molecule has 6 nitrogen and oxygen atoms in total. The SMILES string of the molecule is Cc1cc(F)ncc1C(O)C(O)CCNC(=O)OC(C)(C)C. The molecule has 0 radical (unpaired) electrons. The summed E-state index contributed by atoms with van der Waals surface area (Å²) >= 11 is 0. The summed E-state index contributed by atoms with van der Waals surface area (Å²) in [5, 5.41) is 22.5. The van der Waals surface area contributed by atoms with Crippen molar-refractivity contribution in [2.75, 3.05) is 6.54 Å². The van der Waals surface area contributed by atoms with E-state index in [0.29, 0.717) is 11.1 Å². The number of hydrogen-bond acceptors (Lipinski definition) is 5. The standard InChI is InChI=1S/C15H23FN2O4/c1-9-7-12(16)18-8-10(9)13(20)11(19)5-6-17-14(21)22-15(2,3)4/h7-8,11,13,19-20H,5-6H2,1-4H3,(H,17,21). The highest BCUT2D eigenvalue weighted by Gasteiger charge is 2.21. The topological polar surface area (TPSA) is 91.7 Å². The van der Waals surface area contributed by atoms with Gasteiger partial charge in [0.2, 0.25) is 5.95 Å². The van der Waals surface area contributed by atoms with Crippen LogP contribution in [0.3, 0.4) is 0 Å². The molecule has 0 fully saturated rings. The third kappa shape index (κ3) is 5.95. The maximum absolute atomic E-state index is 12.9. The third-order valence-corrected chi connectivity index (χ3v) is 2.91. The lowest BCUT2D eigenvalue weighted by molar-refractivity contribution is 0.0117. The first-order valence-electron chi connectivity index (χ1n) is 7.05. The van der Waals surface area contributed by atoms with Gasteiger partial charge in [0.15, 0.2) is 0 Å². The number of aliphatic hydroxyl groups is 2. The maximum atomic E-state index is 12.9. The number of hydrogen-bond donors (Lipinski definition) is 3. The first-order valence-corrected chi connectivity index (χ1v) is 7.05. The summed E-state index contributed by atoms with van der Waals surface area (Å²) < 4.78 is 18.0. The number of aliphatic hydroxyl groups excluding tert-OH is 2. The van der Waals surface area contributed by atoms with Crippen LogP contribution in [0.25, 0.3) is 0 Å². The van der Waals surface area contributed by atoms with Crippen molar-refractivity contribution in [2.45, 2.75) is 51.9 Å². The minimum absolute atomic E-state index is 0.122. The minimum Gasteiger partial charge on any atom is -0.444 e. The Kier molecular flexibility index (Phi) is 6.25. The van der Waals surface area contributed by atoms with Crippen LogP contribution in [0.2, 0.25) is 0 Å². The quantitative estimate of drug-likeness (QED) is 0.721. The normalized spacial score (nSPS) is 14.3. The minimum atomic E-state index is -1.20. The van der Waals surface area contributed by atoms with Crippen molar-refractivity contribution in [1.82, 2.24) is 10.3 Å². The molecule has 0 saturated carbocycles. The van der Waals surface area contributed by atoms with Gasteiger partial charge in [0, 0.05) is 18.3 Å². The smallest absolute Gasteiger partial charge is 0.407 e. The van der Waals surface area contributed by atoms with Crippen molar-refractivity contribution >= 4 is 6.09 Å². The number of aryl methyl sites for hydroxylation is 1. The number of pyridine rings is 1. The Morgan fingerprint density at radius 1 is 1.45 bits per heavy atom. The average molecular weight is 314 g/mol. The molecule has 0 aliphatic heterocycles. The molecule has 1 amide bonds. The van der Waals surface area contributed by atoms with Crippen LogP contribution < -0.4 is 5.32 Å². The van der Waals surface area contributed by atoms with E-state index in [-0.39, 0.29) is 13.0 Å². The average Bonchev–Trinajstić information content (AvgIpc) is 2.35. The van der Waals surface area contributed by atoms with Crippen LogP contribution in [-0.2, 0) is 4.74 Å². The zero-order valence-corrected chi connectivity index (χ0v) is 13.3. The number of carbonyl (C=O) groups excluding carboxylic acids is 1. The molecule has 0 aromatic carbocycles. The van der Waals surface area contributed by atoms with E-state index in [2.05, 4.69) is 10.3 Å². The van der Waals surface area contributed by atoms with Gasteiger partial charge in [0.05, 0.1) is 6.10 Å². The summed E-state index contributed by atoms with van der Waals surface area (Å²) in [4.78, 5) is 14.9. The second kappa shape index (κ2) is 7.51. The summed E-state index contributed by atoms with van der Waals surface area (Å²) in [5.41, 5.74) is 0.254. The van der Waals surface area contributed by atoms with Gasteiger partial charge >= 0.3 is 6.09 Å². The first-order chi connectivity index (χ1) is 10.1. The fourth-order valence-electron chi connectivity index (χ4n) is 1.84. The Morgan fingerprint density at radius 3 is 2.64 bits per heavy atom. The summed E-state index contributed by atoms with van der Waals surface area (Å²) in [6.45, 7) is 7.00. The summed E-state index contributed by atoms with van der Waals surface area (Å²) in [6, 6.07) is 1.18. The molecule has 22 heavy (non-hydrogen) atoms. The number of amides is 1. The number of rotatable bonds is 5. The van der Waals surface area contributed by atoms with Gasteiger partial charge in [-0.05, 0) is 45.7 Å². The molecule has 0 saturated heterocycles. The number of nitrogens with one attached hydrogen (secondary N) is 1. The Morgan fingerprint density at radius 2 is 2.09 bits per heavy atom. The largest absolute Gasteiger partial charge is 0.444 e. The lowest BCUT2D eigenvalue weighted by Gasteiger charge is -2.21. The molecular weight excluding hydrogens is 291 g/mol. The third-order valence-electron chi connectivity index (χ3n) is 2.91. The molecule has 124 valence electrons. The van der Waals surface area contributed by atoms with Gasteiger partial charge in [-0.2, -0.15) is 4.39 Å². The summed E-state index contributed by atoms with van der Waals surface area (Å²) in [5.74, 6) is -0.644. The van der Waals surface area contributed by atoms with Crippen LogP contribution in [0, 0.1) is 12.9 Å². The number of aromatic nitrogens is 1. The van der Waals surface area contributed by atoms with Crippen molar-refractivity contribution in [3.8, 4) is 0 Å². The molecule has 2 unspecified atom stereocenters. The first kappa shape index (κ1) is 18.3. The molecule has 0 aliphatic rings. The van der Waals surface area contributed by atoms with Crippen molar-refractivity contribution in [2.24, 2.45) is 0 Å². The molecule has 0 bridgehead atoms. The van der Waals surface area contributed by atoms with E-state index in [1.165, 1.54) is 12.3 Å². The van der Waals surface area contributed by atoms with E-state index in [9.17, 15) is 19.4 Å². The number of alkyl carbamates (subject to hydrolysis) is 1.